The lowest BCUT2D eigenvalue weighted by Crippen LogP contribution is -2.23. The third kappa shape index (κ3) is 2.47. The van der Waals surface area contributed by atoms with Gasteiger partial charge in [-0.15, -0.1) is 10.2 Å². The summed E-state index contributed by atoms with van der Waals surface area (Å²) in [4.78, 5) is 1.47. The molecule has 0 spiro atoms. The van der Waals surface area contributed by atoms with E-state index in [9.17, 15) is 23.4 Å². The summed E-state index contributed by atoms with van der Waals surface area (Å²) in [6.07, 6.45) is -6.35. The second-order valence-corrected chi connectivity index (χ2v) is 3.81. The number of alkyl halides is 3. The molecule has 1 aromatic heterocycles. The van der Waals surface area contributed by atoms with E-state index in [1.54, 1.807) is 0 Å². The van der Waals surface area contributed by atoms with Gasteiger partial charge in [-0.3, -0.25) is 0 Å². The van der Waals surface area contributed by atoms with E-state index >= 15 is 0 Å². The minimum atomic E-state index is -4.52. The van der Waals surface area contributed by atoms with Gasteiger partial charge >= 0.3 is 6.18 Å². The van der Waals surface area contributed by atoms with Crippen LogP contribution >= 0.6 is 0 Å². The lowest BCUT2D eigenvalue weighted by Gasteiger charge is -2.15. The molecule has 2 rings (SSSR count). The van der Waals surface area contributed by atoms with E-state index in [2.05, 4.69) is 10.2 Å². The van der Waals surface area contributed by atoms with Crippen molar-refractivity contribution in [2.75, 3.05) is 18.0 Å². The summed E-state index contributed by atoms with van der Waals surface area (Å²) in [5.74, 6) is 0.202. The van der Waals surface area contributed by atoms with Crippen LogP contribution in [0.25, 0.3) is 0 Å². The number of nitrogens with zero attached hydrogens (tertiary/aromatic N) is 3. The third-order valence-corrected chi connectivity index (χ3v) is 2.52. The Morgan fingerprint density at radius 3 is 2.12 bits per heavy atom. The Labute approximate surface area is 94.5 Å². The van der Waals surface area contributed by atoms with Crippen molar-refractivity contribution in [2.24, 2.45) is 0 Å². The summed E-state index contributed by atoms with van der Waals surface area (Å²) < 4.78 is 36.7. The monoisotopic (exact) mass is 249 g/mol. The SMILES string of the molecule is OC1CN(c2ccc(C(F)(F)F)nn2)CC1O. The lowest BCUT2D eigenvalue weighted by molar-refractivity contribution is -0.141. The van der Waals surface area contributed by atoms with Crippen LogP contribution in [-0.2, 0) is 6.18 Å². The molecule has 0 bridgehead atoms. The molecular weight excluding hydrogens is 239 g/mol. The fraction of sp³-hybridized carbons (Fsp3) is 0.556. The summed E-state index contributed by atoms with van der Waals surface area (Å²) in [7, 11) is 0. The molecule has 5 nitrogen and oxygen atoms in total. The Morgan fingerprint density at radius 2 is 1.71 bits per heavy atom. The van der Waals surface area contributed by atoms with Crippen molar-refractivity contribution >= 4 is 5.82 Å². The van der Waals surface area contributed by atoms with E-state index in [4.69, 9.17) is 0 Å². The fourth-order valence-corrected chi connectivity index (χ4v) is 1.60. The normalized spacial score (nSPS) is 25.4. The van der Waals surface area contributed by atoms with Gasteiger partial charge in [0, 0.05) is 13.1 Å². The van der Waals surface area contributed by atoms with Crippen LogP contribution in [-0.4, -0.2) is 45.7 Å². The molecule has 94 valence electrons. The standard InChI is InChI=1S/C9H10F3N3O2/c10-9(11,12)7-1-2-8(14-13-7)15-3-5(16)6(17)4-15/h1-2,5-6,16-17H,3-4H2. The zero-order valence-corrected chi connectivity index (χ0v) is 8.59. The van der Waals surface area contributed by atoms with Crippen LogP contribution in [0.2, 0.25) is 0 Å². The minimum absolute atomic E-state index is 0.126. The first-order valence-electron chi connectivity index (χ1n) is 4.90. The van der Waals surface area contributed by atoms with E-state index in [0.29, 0.717) is 0 Å². The number of halogens is 3. The predicted octanol–water partition coefficient (Wildman–Crippen LogP) is 0.0372. The van der Waals surface area contributed by atoms with Gasteiger partial charge < -0.3 is 15.1 Å². The Bertz CT molecular complexity index is 385. The van der Waals surface area contributed by atoms with Gasteiger partial charge in [-0.1, -0.05) is 0 Å². The molecule has 1 aromatic rings. The maximum Gasteiger partial charge on any atom is 0.435 e. The number of rotatable bonds is 1. The molecule has 0 amide bonds. The summed E-state index contributed by atoms with van der Waals surface area (Å²) in [6, 6.07) is 1.99. The van der Waals surface area contributed by atoms with Crippen LogP contribution in [0.3, 0.4) is 0 Å². The number of aromatic nitrogens is 2. The largest absolute Gasteiger partial charge is 0.435 e. The van der Waals surface area contributed by atoms with Crippen LogP contribution < -0.4 is 4.90 Å². The van der Waals surface area contributed by atoms with Crippen molar-refractivity contribution in [1.29, 1.82) is 0 Å². The predicted molar refractivity (Wildman–Crippen MR) is 51.3 cm³/mol. The average Bonchev–Trinajstić information content (AvgIpc) is 2.58. The first-order chi connectivity index (χ1) is 7.88. The first kappa shape index (κ1) is 12.1. The molecule has 0 aromatic carbocycles. The highest BCUT2D eigenvalue weighted by Gasteiger charge is 2.34. The van der Waals surface area contributed by atoms with Crippen molar-refractivity contribution in [3.05, 3.63) is 17.8 Å². The molecule has 2 atom stereocenters. The minimum Gasteiger partial charge on any atom is -0.389 e. The summed E-state index contributed by atoms with van der Waals surface area (Å²) in [5, 5.41) is 25.1. The van der Waals surface area contributed by atoms with Gasteiger partial charge in [-0.25, -0.2) is 0 Å². The molecule has 1 aliphatic rings. The summed E-state index contributed by atoms with van der Waals surface area (Å²) in [6.45, 7) is 0.252. The van der Waals surface area contributed by atoms with Gasteiger partial charge in [0.2, 0.25) is 0 Å². The van der Waals surface area contributed by atoms with E-state index in [-0.39, 0.29) is 18.9 Å². The second kappa shape index (κ2) is 4.11. The molecule has 0 aliphatic carbocycles. The number of aliphatic hydroxyl groups is 2. The molecule has 8 heteroatoms. The summed E-state index contributed by atoms with van der Waals surface area (Å²) in [5.41, 5.74) is -1.07. The quantitative estimate of drug-likeness (QED) is 0.735. The Kier molecular flexibility index (Phi) is 2.92. The van der Waals surface area contributed by atoms with Gasteiger partial charge in [0.05, 0.1) is 12.2 Å². The second-order valence-electron chi connectivity index (χ2n) is 3.81. The summed E-state index contributed by atoms with van der Waals surface area (Å²) >= 11 is 0. The van der Waals surface area contributed by atoms with E-state index in [0.717, 1.165) is 6.07 Å². The molecule has 1 fully saturated rings. The molecule has 2 unspecified atom stereocenters. The maximum absolute atomic E-state index is 12.2. The van der Waals surface area contributed by atoms with Gasteiger partial charge in [0.1, 0.15) is 0 Å². The third-order valence-electron chi connectivity index (χ3n) is 2.52. The first-order valence-corrected chi connectivity index (χ1v) is 4.90. The van der Waals surface area contributed by atoms with E-state index in [1.165, 1.54) is 11.0 Å². The van der Waals surface area contributed by atoms with Gasteiger partial charge in [0.15, 0.2) is 11.5 Å². The Balaban J connectivity index is 2.14. The molecule has 17 heavy (non-hydrogen) atoms. The van der Waals surface area contributed by atoms with Gasteiger partial charge in [-0.05, 0) is 12.1 Å². The fourth-order valence-electron chi connectivity index (χ4n) is 1.60. The van der Waals surface area contributed by atoms with Crippen molar-refractivity contribution in [1.82, 2.24) is 10.2 Å². The smallest absolute Gasteiger partial charge is 0.389 e. The van der Waals surface area contributed by atoms with Crippen molar-refractivity contribution in [2.45, 2.75) is 18.4 Å². The highest BCUT2D eigenvalue weighted by atomic mass is 19.4. The molecular formula is C9H10F3N3O2. The molecule has 0 radical (unpaired) electrons. The number of β-amino-alcohol motifs (C(OH)–C–C–N with tert-alkyl or cyclic N) is 2. The number of anilines is 1. The van der Waals surface area contributed by atoms with Crippen LogP contribution in [0.4, 0.5) is 19.0 Å². The molecule has 1 saturated heterocycles. The number of hydrogen-bond acceptors (Lipinski definition) is 5. The Morgan fingerprint density at radius 1 is 1.12 bits per heavy atom. The van der Waals surface area contributed by atoms with E-state index in [1.807, 2.05) is 0 Å². The molecule has 1 aliphatic heterocycles. The molecule has 2 N–H and O–H groups in total. The van der Waals surface area contributed by atoms with Crippen molar-refractivity contribution < 1.29 is 23.4 Å². The molecule has 0 saturated carbocycles. The lowest BCUT2D eigenvalue weighted by atomic mass is 10.3. The highest BCUT2D eigenvalue weighted by molar-refractivity contribution is 5.39. The zero-order valence-electron chi connectivity index (χ0n) is 8.59. The van der Waals surface area contributed by atoms with Gasteiger partial charge in [0.25, 0.3) is 0 Å². The maximum atomic E-state index is 12.2. The zero-order chi connectivity index (χ0) is 12.6. The topological polar surface area (TPSA) is 69.5 Å². The van der Waals surface area contributed by atoms with Crippen LogP contribution in [0.15, 0.2) is 12.1 Å². The van der Waals surface area contributed by atoms with Crippen LogP contribution in [0, 0.1) is 0 Å². The van der Waals surface area contributed by atoms with Crippen molar-refractivity contribution in [3.8, 4) is 0 Å². The van der Waals surface area contributed by atoms with Crippen molar-refractivity contribution in [3.63, 3.8) is 0 Å². The number of aliphatic hydroxyl groups excluding tert-OH is 2. The van der Waals surface area contributed by atoms with Gasteiger partial charge in [-0.2, -0.15) is 13.2 Å². The average molecular weight is 249 g/mol. The highest BCUT2D eigenvalue weighted by Crippen LogP contribution is 2.28. The molecule has 2 heterocycles. The van der Waals surface area contributed by atoms with Crippen LogP contribution in [0.1, 0.15) is 5.69 Å². The number of hydrogen-bond donors (Lipinski definition) is 2. The van der Waals surface area contributed by atoms with Crippen LogP contribution in [0.5, 0.6) is 0 Å². The Hall–Kier alpha value is -1.41. The van der Waals surface area contributed by atoms with E-state index < -0.39 is 24.1 Å².